The molecule has 0 aliphatic heterocycles. The quantitative estimate of drug-likeness (QED) is 0.681. The molecule has 0 fully saturated rings. The van der Waals surface area contributed by atoms with Gasteiger partial charge in [-0.15, -0.1) is 0 Å². The highest BCUT2D eigenvalue weighted by atomic mass is 16.2. The normalized spacial score (nSPS) is 10.9. The fourth-order valence-corrected chi connectivity index (χ4v) is 3.44. The zero-order valence-electron chi connectivity index (χ0n) is 17.4. The number of nitrogens with zero attached hydrogens (tertiary/aromatic N) is 2. The van der Waals surface area contributed by atoms with Crippen molar-refractivity contribution >= 4 is 11.6 Å². The summed E-state index contributed by atoms with van der Waals surface area (Å²) < 4.78 is 2.04. The third-order valence-electron chi connectivity index (χ3n) is 4.89. The molecule has 2 aromatic heterocycles. The van der Waals surface area contributed by atoms with E-state index in [1.165, 1.54) is 0 Å². The molecule has 0 atom stereocenters. The summed E-state index contributed by atoms with van der Waals surface area (Å²) in [4.78, 5) is 30.5. The van der Waals surface area contributed by atoms with E-state index in [-0.39, 0.29) is 22.8 Å². The Balaban J connectivity index is 2.09. The number of pyridine rings is 2. The second-order valence-electron chi connectivity index (χ2n) is 7.75. The minimum atomic E-state index is -0.366. The standard InChI is InChI=1S/C24H27N3O2/c1-16(2)13-21-23(24(29)26-20-11-6-5-9-17(20)3)22(28)14-18(4)27(21)15-19-10-7-8-12-25-19/h5-12,14,16H,13,15H2,1-4H3,(H,26,29). The molecule has 0 saturated heterocycles. The Bertz CT molecular complexity index is 1070. The van der Waals surface area contributed by atoms with Crippen molar-refractivity contribution in [1.82, 2.24) is 9.55 Å². The molecule has 0 aliphatic carbocycles. The van der Waals surface area contributed by atoms with Gasteiger partial charge in [-0.3, -0.25) is 14.6 Å². The first-order chi connectivity index (χ1) is 13.9. The fourth-order valence-electron chi connectivity index (χ4n) is 3.44. The fraction of sp³-hybridized carbons (Fsp3) is 0.292. The summed E-state index contributed by atoms with van der Waals surface area (Å²) in [6.45, 7) is 8.51. The molecule has 3 rings (SSSR count). The van der Waals surface area contributed by atoms with E-state index in [0.29, 0.717) is 18.7 Å². The van der Waals surface area contributed by atoms with Crippen LogP contribution in [0, 0.1) is 19.8 Å². The van der Waals surface area contributed by atoms with Gasteiger partial charge in [0, 0.05) is 29.3 Å². The first-order valence-corrected chi connectivity index (χ1v) is 9.87. The summed E-state index contributed by atoms with van der Waals surface area (Å²) in [6, 6.07) is 14.9. The molecule has 0 unspecified atom stereocenters. The van der Waals surface area contributed by atoms with Crippen LogP contribution < -0.4 is 10.7 Å². The SMILES string of the molecule is Cc1ccccc1NC(=O)c1c(CC(C)C)n(Cc2ccccn2)c(C)cc1=O. The number of carbonyl (C=O) groups is 1. The van der Waals surface area contributed by atoms with Gasteiger partial charge in [0.15, 0.2) is 5.43 Å². The molecule has 0 saturated carbocycles. The molecular weight excluding hydrogens is 362 g/mol. The van der Waals surface area contributed by atoms with Crippen LogP contribution in [0.3, 0.4) is 0 Å². The average molecular weight is 389 g/mol. The first kappa shape index (κ1) is 20.5. The van der Waals surface area contributed by atoms with Crippen LogP contribution >= 0.6 is 0 Å². The zero-order valence-corrected chi connectivity index (χ0v) is 17.4. The largest absolute Gasteiger partial charge is 0.342 e. The average Bonchev–Trinajstić information content (AvgIpc) is 2.67. The number of hydrogen-bond acceptors (Lipinski definition) is 3. The van der Waals surface area contributed by atoms with Gasteiger partial charge in [0.25, 0.3) is 5.91 Å². The van der Waals surface area contributed by atoms with Gasteiger partial charge in [-0.05, 0) is 49.9 Å². The number of rotatable bonds is 6. The summed E-state index contributed by atoms with van der Waals surface area (Å²) in [7, 11) is 0. The van der Waals surface area contributed by atoms with Gasteiger partial charge in [0.05, 0.1) is 12.2 Å². The van der Waals surface area contributed by atoms with Crippen LogP contribution in [-0.4, -0.2) is 15.5 Å². The van der Waals surface area contributed by atoms with Crippen molar-refractivity contribution < 1.29 is 4.79 Å². The van der Waals surface area contributed by atoms with E-state index < -0.39 is 0 Å². The van der Waals surface area contributed by atoms with Crippen LogP contribution in [0.4, 0.5) is 5.69 Å². The Kier molecular flexibility index (Phi) is 6.27. The smallest absolute Gasteiger partial charge is 0.261 e. The van der Waals surface area contributed by atoms with Crippen molar-refractivity contribution in [1.29, 1.82) is 0 Å². The number of aromatic nitrogens is 2. The van der Waals surface area contributed by atoms with Crippen LogP contribution in [0.5, 0.6) is 0 Å². The van der Waals surface area contributed by atoms with Crippen molar-refractivity contribution in [3.05, 3.63) is 93.2 Å². The molecule has 0 aliphatic rings. The van der Waals surface area contributed by atoms with Gasteiger partial charge >= 0.3 is 0 Å². The van der Waals surface area contributed by atoms with E-state index in [0.717, 1.165) is 22.6 Å². The van der Waals surface area contributed by atoms with Gasteiger partial charge in [0.1, 0.15) is 5.56 Å². The third-order valence-corrected chi connectivity index (χ3v) is 4.89. The summed E-state index contributed by atoms with van der Waals surface area (Å²) in [6.07, 6.45) is 2.38. The molecule has 1 amide bonds. The number of hydrogen-bond donors (Lipinski definition) is 1. The molecule has 150 valence electrons. The number of benzene rings is 1. The maximum atomic E-state index is 13.2. The molecule has 0 radical (unpaired) electrons. The van der Waals surface area contributed by atoms with Crippen LogP contribution in [0.2, 0.25) is 0 Å². The summed E-state index contributed by atoms with van der Waals surface area (Å²) in [5, 5.41) is 2.92. The minimum Gasteiger partial charge on any atom is -0.342 e. The molecule has 2 heterocycles. The molecular formula is C24H27N3O2. The monoisotopic (exact) mass is 389 g/mol. The molecule has 1 aromatic carbocycles. The minimum absolute atomic E-state index is 0.212. The van der Waals surface area contributed by atoms with Gasteiger partial charge in [-0.2, -0.15) is 0 Å². The van der Waals surface area contributed by atoms with E-state index >= 15 is 0 Å². The Morgan fingerprint density at radius 3 is 2.48 bits per heavy atom. The molecule has 5 nitrogen and oxygen atoms in total. The highest BCUT2D eigenvalue weighted by Gasteiger charge is 2.22. The molecule has 0 bridgehead atoms. The highest BCUT2D eigenvalue weighted by Crippen LogP contribution is 2.19. The van der Waals surface area contributed by atoms with Gasteiger partial charge in [-0.1, -0.05) is 38.1 Å². The predicted octanol–water partition coefficient (Wildman–Crippen LogP) is 4.36. The van der Waals surface area contributed by atoms with Gasteiger partial charge < -0.3 is 9.88 Å². The van der Waals surface area contributed by atoms with Crippen LogP contribution in [-0.2, 0) is 13.0 Å². The maximum absolute atomic E-state index is 13.2. The second-order valence-corrected chi connectivity index (χ2v) is 7.75. The Labute approximate surface area is 171 Å². The molecule has 1 N–H and O–H groups in total. The summed E-state index contributed by atoms with van der Waals surface area (Å²) >= 11 is 0. The number of para-hydroxylation sites is 1. The van der Waals surface area contributed by atoms with Crippen molar-refractivity contribution in [3.8, 4) is 0 Å². The Hall–Kier alpha value is -3.21. The van der Waals surface area contributed by atoms with Crippen LogP contribution in [0.15, 0.2) is 59.5 Å². The number of nitrogens with one attached hydrogen (secondary N) is 1. The van der Waals surface area contributed by atoms with Crippen molar-refractivity contribution in [2.75, 3.05) is 5.32 Å². The number of amides is 1. The van der Waals surface area contributed by atoms with Gasteiger partial charge in [0.2, 0.25) is 0 Å². The Morgan fingerprint density at radius 2 is 1.83 bits per heavy atom. The predicted molar refractivity (Wildman–Crippen MR) is 116 cm³/mol. The second kappa shape index (κ2) is 8.86. The van der Waals surface area contributed by atoms with E-state index in [4.69, 9.17) is 0 Å². The van der Waals surface area contributed by atoms with Gasteiger partial charge in [-0.25, -0.2) is 0 Å². The lowest BCUT2D eigenvalue weighted by atomic mass is 10.0. The number of aryl methyl sites for hydroxylation is 2. The lowest BCUT2D eigenvalue weighted by Gasteiger charge is -2.21. The number of anilines is 1. The highest BCUT2D eigenvalue weighted by molar-refractivity contribution is 6.05. The topological polar surface area (TPSA) is 64.0 Å². The molecule has 3 aromatic rings. The molecule has 5 heteroatoms. The van der Waals surface area contributed by atoms with Crippen molar-refractivity contribution in [3.63, 3.8) is 0 Å². The summed E-state index contributed by atoms with van der Waals surface area (Å²) in [5.74, 6) is -0.0779. The van der Waals surface area contributed by atoms with Crippen molar-refractivity contribution in [2.45, 2.75) is 40.7 Å². The van der Waals surface area contributed by atoms with E-state index in [1.807, 2.05) is 60.9 Å². The lowest BCUT2D eigenvalue weighted by molar-refractivity contribution is 0.102. The van der Waals surface area contributed by atoms with Crippen molar-refractivity contribution in [2.24, 2.45) is 5.92 Å². The summed E-state index contributed by atoms with van der Waals surface area (Å²) in [5.41, 5.74) is 4.08. The van der Waals surface area contributed by atoms with Crippen LogP contribution in [0.25, 0.3) is 0 Å². The van der Waals surface area contributed by atoms with E-state index in [1.54, 1.807) is 12.3 Å². The third kappa shape index (κ3) is 4.80. The van der Waals surface area contributed by atoms with E-state index in [2.05, 4.69) is 24.1 Å². The Morgan fingerprint density at radius 1 is 1.10 bits per heavy atom. The first-order valence-electron chi connectivity index (χ1n) is 9.87. The van der Waals surface area contributed by atoms with E-state index in [9.17, 15) is 9.59 Å². The van der Waals surface area contributed by atoms with Crippen LogP contribution in [0.1, 0.15) is 46.9 Å². The lowest BCUT2D eigenvalue weighted by Crippen LogP contribution is -2.29. The molecule has 0 spiro atoms. The maximum Gasteiger partial charge on any atom is 0.261 e. The zero-order chi connectivity index (χ0) is 21.0. The molecule has 29 heavy (non-hydrogen) atoms. The number of carbonyl (C=O) groups excluding carboxylic acids is 1.